The molecular weight excluding hydrogens is 380 g/mol. The van der Waals surface area contributed by atoms with Crippen LogP contribution < -0.4 is 20.1 Å². The van der Waals surface area contributed by atoms with Crippen LogP contribution in [0.3, 0.4) is 0 Å². The van der Waals surface area contributed by atoms with Crippen molar-refractivity contribution >= 4 is 5.96 Å². The van der Waals surface area contributed by atoms with Crippen LogP contribution in [0.15, 0.2) is 35.6 Å². The van der Waals surface area contributed by atoms with Crippen LogP contribution >= 0.6 is 0 Å². The lowest BCUT2D eigenvalue weighted by Crippen LogP contribution is -2.44. The number of likely N-dealkylation sites (tertiary alicyclic amines) is 1. The summed E-state index contributed by atoms with van der Waals surface area (Å²) >= 11 is 0. The molecule has 1 saturated heterocycles. The molecule has 164 valence electrons. The van der Waals surface area contributed by atoms with Crippen molar-refractivity contribution in [2.75, 3.05) is 40.9 Å². The van der Waals surface area contributed by atoms with Gasteiger partial charge in [0, 0.05) is 58.1 Å². The van der Waals surface area contributed by atoms with Crippen molar-refractivity contribution in [1.29, 1.82) is 0 Å². The summed E-state index contributed by atoms with van der Waals surface area (Å²) in [6.45, 7) is 6.72. The fraction of sp³-hybridized carbons (Fsp3) is 0.545. The van der Waals surface area contributed by atoms with Crippen molar-refractivity contribution in [2.24, 2.45) is 4.99 Å². The molecule has 1 atom stereocenters. The number of aromatic nitrogens is 2. The van der Waals surface area contributed by atoms with E-state index >= 15 is 0 Å². The zero-order chi connectivity index (χ0) is 21.3. The Balaban J connectivity index is 1.42. The van der Waals surface area contributed by atoms with Crippen LogP contribution in [0.1, 0.15) is 24.0 Å². The van der Waals surface area contributed by atoms with Crippen molar-refractivity contribution in [1.82, 2.24) is 25.3 Å². The average Bonchev–Trinajstić information content (AvgIpc) is 3.38. The predicted octanol–water partition coefficient (Wildman–Crippen LogP) is 2.04. The van der Waals surface area contributed by atoms with E-state index in [-0.39, 0.29) is 0 Å². The molecule has 3 rings (SSSR count). The third kappa shape index (κ3) is 6.38. The van der Waals surface area contributed by atoms with Crippen molar-refractivity contribution in [3.63, 3.8) is 0 Å². The summed E-state index contributed by atoms with van der Waals surface area (Å²) in [5.41, 5.74) is 2.39. The number of aliphatic imine (C=N–C) groups is 1. The van der Waals surface area contributed by atoms with Gasteiger partial charge in [-0.2, -0.15) is 5.10 Å². The highest BCUT2D eigenvalue weighted by molar-refractivity contribution is 5.79. The van der Waals surface area contributed by atoms with Gasteiger partial charge in [0.05, 0.1) is 20.4 Å². The molecule has 2 heterocycles. The number of rotatable bonds is 9. The molecule has 1 aliphatic heterocycles. The normalized spacial score (nSPS) is 17.2. The first-order valence-electron chi connectivity index (χ1n) is 10.5. The van der Waals surface area contributed by atoms with Gasteiger partial charge >= 0.3 is 0 Å². The fourth-order valence-corrected chi connectivity index (χ4v) is 3.73. The summed E-state index contributed by atoms with van der Waals surface area (Å²) in [5.74, 6) is 2.52. The van der Waals surface area contributed by atoms with Gasteiger partial charge in [-0.15, -0.1) is 0 Å². The van der Waals surface area contributed by atoms with E-state index in [1.807, 2.05) is 24.0 Å². The molecule has 0 saturated carbocycles. The van der Waals surface area contributed by atoms with Crippen LogP contribution in [-0.2, 0) is 13.1 Å². The van der Waals surface area contributed by atoms with E-state index in [9.17, 15) is 0 Å². The van der Waals surface area contributed by atoms with E-state index in [0.717, 1.165) is 63.0 Å². The monoisotopic (exact) mass is 414 g/mol. The van der Waals surface area contributed by atoms with Crippen molar-refractivity contribution in [3.05, 3.63) is 41.7 Å². The van der Waals surface area contributed by atoms with Gasteiger partial charge in [-0.05, 0) is 43.0 Å². The Kier molecular flexibility index (Phi) is 7.96. The average molecular weight is 415 g/mol. The second-order valence-electron chi connectivity index (χ2n) is 7.72. The zero-order valence-electron chi connectivity index (χ0n) is 18.5. The largest absolute Gasteiger partial charge is 0.497 e. The minimum Gasteiger partial charge on any atom is -0.497 e. The molecule has 0 amide bonds. The van der Waals surface area contributed by atoms with Crippen LogP contribution in [0.5, 0.6) is 11.5 Å². The Morgan fingerprint density at radius 3 is 2.63 bits per heavy atom. The van der Waals surface area contributed by atoms with E-state index in [0.29, 0.717) is 6.04 Å². The first-order valence-corrected chi connectivity index (χ1v) is 10.5. The Morgan fingerprint density at radius 2 is 2.00 bits per heavy atom. The SMILES string of the molecule is CN=C(NCCCn1cc(C)cn1)NC1CCN(Cc2cc(OC)cc(OC)c2)C1. The van der Waals surface area contributed by atoms with Crippen LogP contribution in [-0.4, -0.2) is 67.6 Å². The highest BCUT2D eigenvalue weighted by Crippen LogP contribution is 2.24. The number of nitrogens with one attached hydrogen (secondary N) is 2. The molecule has 1 aromatic carbocycles. The third-order valence-electron chi connectivity index (χ3n) is 5.27. The highest BCUT2D eigenvalue weighted by atomic mass is 16.5. The number of hydrogen-bond acceptors (Lipinski definition) is 5. The molecule has 1 aromatic heterocycles. The summed E-state index contributed by atoms with van der Waals surface area (Å²) in [4.78, 5) is 6.82. The fourth-order valence-electron chi connectivity index (χ4n) is 3.73. The second kappa shape index (κ2) is 10.9. The summed E-state index contributed by atoms with van der Waals surface area (Å²) in [5, 5.41) is 11.3. The molecule has 1 fully saturated rings. The number of guanidine groups is 1. The summed E-state index contributed by atoms with van der Waals surface area (Å²) < 4.78 is 12.8. The Hall–Kier alpha value is -2.74. The molecular formula is C22H34N6O2. The lowest BCUT2D eigenvalue weighted by atomic mass is 10.2. The quantitative estimate of drug-likeness (QED) is 0.372. The number of methoxy groups -OCH3 is 2. The van der Waals surface area contributed by atoms with Crippen LogP contribution in [0.4, 0.5) is 0 Å². The van der Waals surface area contributed by atoms with Crippen LogP contribution in [0.2, 0.25) is 0 Å². The van der Waals surface area contributed by atoms with E-state index in [2.05, 4.69) is 50.9 Å². The minimum absolute atomic E-state index is 0.387. The van der Waals surface area contributed by atoms with Crippen molar-refractivity contribution in [2.45, 2.75) is 38.9 Å². The minimum atomic E-state index is 0.387. The molecule has 1 aliphatic rings. The molecule has 0 aliphatic carbocycles. The Bertz CT molecular complexity index is 813. The maximum atomic E-state index is 5.39. The first-order chi connectivity index (χ1) is 14.6. The van der Waals surface area contributed by atoms with Gasteiger partial charge in [-0.1, -0.05) is 0 Å². The van der Waals surface area contributed by atoms with Gasteiger partial charge in [0.1, 0.15) is 11.5 Å². The number of nitrogens with zero attached hydrogens (tertiary/aromatic N) is 4. The molecule has 0 bridgehead atoms. The van der Waals surface area contributed by atoms with Gasteiger partial charge in [0.25, 0.3) is 0 Å². The highest BCUT2D eigenvalue weighted by Gasteiger charge is 2.23. The van der Waals surface area contributed by atoms with Gasteiger partial charge in [-0.25, -0.2) is 0 Å². The Labute approximate surface area is 179 Å². The molecule has 2 aromatic rings. The lowest BCUT2D eigenvalue weighted by Gasteiger charge is -2.19. The predicted molar refractivity (Wildman–Crippen MR) is 119 cm³/mol. The van der Waals surface area contributed by atoms with E-state index in [1.165, 1.54) is 11.1 Å². The van der Waals surface area contributed by atoms with Crippen molar-refractivity contribution < 1.29 is 9.47 Å². The Morgan fingerprint density at radius 1 is 1.23 bits per heavy atom. The molecule has 8 nitrogen and oxygen atoms in total. The second-order valence-corrected chi connectivity index (χ2v) is 7.72. The van der Waals surface area contributed by atoms with Gasteiger partial charge < -0.3 is 20.1 Å². The molecule has 0 spiro atoms. The van der Waals surface area contributed by atoms with E-state index in [4.69, 9.17) is 9.47 Å². The van der Waals surface area contributed by atoms with Gasteiger partial charge in [0.2, 0.25) is 0 Å². The molecule has 0 radical (unpaired) electrons. The summed E-state index contributed by atoms with van der Waals surface area (Å²) in [6, 6.07) is 6.44. The van der Waals surface area contributed by atoms with Crippen molar-refractivity contribution in [3.8, 4) is 11.5 Å². The smallest absolute Gasteiger partial charge is 0.191 e. The number of benzene rings is 1. The number of aryl methyl sites for hydroxylation is 2. The summed E-state index contributed by atoms with van der Waals surface area (Å²) in [6.07, 6.45) is 6.05. The lowest BCUT2D eigenvalue weighted by molar-refractivity contribution is 0.321. The molecule has 1 unspecified atom stereocenters. The standard InChI is InChI=1S/C22H34N6O2/c1-17-13-25-28(14-17)8-5-7-24-22(23-2)26-19-6-9-27(16-19)15-18-10-20(29-3)12-21(11-18)30-4/h10-14,19H,5-9,15-16H2,1-4H3,(H2,23,24,26). The van der Waals surface area contributed by atoms with Gasteiger partial charge in [0.15, 0.2) is 5.96 Å². The number of hydrogen-bond donors (Lipinski definition) is 2. The third-order valence-corrected chi connectivity index (χ3v) is 5.27. The van der Waals surface area contributed by atoms with E-state index in [1.54, 1.807) is 14.2 Å². The van der Waals surface area contributed by atoms with Crippen LogP contribution in [0.25, 0.3) is 0 Å². The zero-order valence-corrected chi connectivity index (χ0v) is 18.5. The van der Waals surface area contributed by atoms with Gasteiger partial charge in [-0.3, -0.25) is 14.6 Å². The first kappa shape index (κ1) is 22.0. The summed E-state index contributed by atoms with van der Waals surface area (Å²) in [7, 11) is 5.19. The van der Waals surface area contributed by atoms with Crippen LogP contribution in [0, 0.1) is 6.92 Å². The van der Waals surface area contributed by atoms with E-state index < -0.39 is 0 Å². The molecule has 8 heteroatoms. The molecule has 2 N–H and O–H groups in total. The molecule has 30 heavy (non-hydrogen) atoms. The topological polar surface area (TPSA) is 75.9 Å². The number of ether oxygens (including phenoxy) is 2. The maximum Gasteiger partial charge on any atom is 0.191 e. The maximum absolute atomic E-state index is 5.39.